The Morgan fingerprint density at radius 2 is 2.08 bits per heavy atom. The molecule has 6 heteroatoms. The van der Waals surface area contributed by atoms with Crippen molar-refractivity contribution in [2.24, 2.45) is 0 Å². The lowest BCUT2D eigenvalue weighted by Gasteiger charge is -2.16. The Labute approximate surface area is 139 Å². The van der Waals surface area contributed by atoms with Crippen molar-refractivity contribution in [2.45, 2.75) is 31.2 Å². The van der Waals surface area contributed by atoms with E-state index in [1.807, 2.05) is 40.0 Å². The van der Waals surface area contributed by atoms with E-state index in [0.29, 0.717) is 12.5 Å². The van der Waals surface area contributed by atoms with Crippen LogP contribution >= 0.6 is 0 Å². The zero-order chi connectivity index (χ0) is 16.1. The summed E-state index contributed by atoms with van der Waals surface area (Å²) < 4.78 is 1.95. The van der Waals surface area contributed by atoms with Crippen molar-refractivity contribution in [3.05, 3.63) is 47.9 Å². The van der Waals surface area contributed by atoms with Gasteiger partial charge in [0.15, 0.2) is 0 Å². The van der Waals surface area contributed by atoms with Crippen molar-refractivity contribution < 1.29 is 4.79 Å². The van der Waals surface area contributed by atoms with Crippen LogP contribution < -0.4 is 0 Å². The second kappa shape index (κ2) is 5.19. The van der Waals surface area contributed by atoms with E-state index in [1.165, 1.54) is 12.8 Å². The van der Waals surface area contributed by atoms with Crippen molar-refractivity contribution in [2.75, 3.05) is 13.1 Å². The molecule has 24 heavy (non-hydrogen) atoms. The molecule has 1 aliphatic heterocycles. The van der Waals surface area contributed by atoms with Crippen molar-refractivity contribution >= 4 is 16.8 Å². The average molecular weight is 321 g/mol. The molecule has 1 N–H and O–H groups in total. The highest BCUT2D eigenvalue weighted by Crippen LogP contribution is 2.39. The van der Waals surface area contributed by atoms with E-state index in [4.69, 9.17) is 0 Å². The molecule has 1 saturated heterocycles. The summed E-state index contributed by atoms with van der Waals surface area (Å²) in [5.41, 5.74) is 2.86. The third-order valence-corrected chi connectivity index (χ3v) is 5.17. The van der Waals surface area contributed by atoms with Gasteiger partial charge in [-0.2, -0.15) is 0 Å². The smallest absolute Gasteiger partial charge is 0.256 e. The molecule has 122 valence electrons. The van der Waals surface area contributed by atoms with Gasteiger partial charge in [0.25, 0.3) is 5.91 Å². The predicted octanol–water partition coefficient (Wildman–Crippen LogP) is 2.72. The van der Waals surface area contributed by atoms with E-state index in [9.17, 15) is 4.79 Å². The molecule has 0 bridgehead atoms. The molecular weight excluding hydrogens is 302 g/mol. The maximum atomic E-state index is 12.9. The maximum absolute atomic E-state index is 12.9. The first-order valence-electron chi connectivity index (χ1n) is 8.57. The van der Waals surface area contributed by atoms with Gasteiger partial charge in [0.2, 0.25) is 0 Å². The van der Waals surface area contributed by atoms with E-state index in [2.05, 4.69) is 21.5 Å². The highest BCUT2D eigenvalue weighted by molar-refractivity contribution is 6.06. The highest BCUT2D eigenvalue weighted by Gasteiger charge is 2.32. The van der Waals surface area contributed by atoms with Gasteiger partial charge >= 0.3 is 0 Å². The summed E-state index contributed by atoms with van der Waals surface area (Å²) in [6.45, 7) is 1.47. The number of carbonyl (C=O) groups is 1. The third-order valence-electron chi connectivity index (χ3n) is 5.17. The first-order chi connectivity index (χ1) is 11.8. The summed E-state index contributed by atoms with van der Waals surface area (Å²) in [7, 11) is 0. The lowest BCUT2D eigenvalue weighted by molar-refractivity contribution is 0.0789. The first-order valence-corrected chi connectivity index (χ1v) is 8.57. The lowest BCUT2D eigenvalue weighted by atomic mass is 10.1. The minimum Gasteiger partial charge on any atom is -0.360 e. The molecule has 1 amide bonds. The SMILES string of the molecule is O=C(c1c[nH]c2ccccc12)N1CCC(n2cc(C3CC3)nn2)C1. The fourth-order valence-electron chi connectivity index (χ4n) is 3.60. The van der Waals surface area contributed by atoms with Crippen molar-refractivity contribution in [3.8, 4) is 0 Å². The molecule has 2 aromatic heterocycles. The van der Waals surface area contributed by atoms with Gasteiger partial charge < -0.3 is 9.88 Å². The van der Waals surface area contributed by atoms with E-state index in [1.54, 1.807) is 0 Å². The van der Waals surface area contributed by atoms with Crippen LogP contribution in [-0.4, -0.2) is 43.9 Å². The van der Waals surface area contributed by atoms with E-state index in [-0.39, 0.29) is 11.9 Å². The van der Waals surface area contributed by atoms with Gasteiger partial charge in [-0.3, -0.25) is 4.79 Å². The van der Waals surface area contributed by atoms with E-state index >= 15 is 0 Å². The monoisotopic (exact) mass is 321 g/mol. The van der Waals surface area contributed by atoms with Crippen LogP contribution in [0.3, 0.4) is 0 Å². The number of amides is 1. The van der Waals surface area contributed by atoms with Gasteiger partial charge in [0, 0.05) is 42.3 Å². The number of H-pyrrole nitrogens is 1. The number of hydrogen-bond donors (Lipinski definition) is 1. The molecule has 1 unspecified atom stereocenters. The summed E-state index contributed by atoms with van der Waals surface area (Å²) in [6, 6.07) is 8.16. The van der Waals surface area contributed by atoms with Crippen LogP contribution in [0.25, 0.3) is 10.9 Å². The molecule has 2 aliphatic rings. The number of para-hydroxylation sites is 1. The first kappa shape index (κ1) is 13.8. The lowest BCUT2D eigenvalue weighted by Crippen LogP contribution is -2.29. The van der Waals surface area contributed by atoms with Gasteiger partial charge in [0.05, 0.1) is 17.3 Å². The van der Waals surface area contributed by atoms with E-state index in [0.717, 1.165) is 35.1 Å². The fourth-order valence-corrected chi connectivity index (χ4v) is 3.60. The summed E-state index contributed by atoms with van der Waals surface area (Å²) in [4.78, 5) is 18.0. The molecule has 6 nitrogen and oxygen atoms in total. The van der Waals surface area contributed by atoms with Crippen molar-refractivity contribution in [3.63, 3.8) is 0 Å². The number of nitrogens with one attached hydrogen (secondary N) is 1. The molecular formula is C18H19N5O. The zero-order valence-corrected chi connectivity index (χ0v) is 13.4. The Kier molecular flexibility index (Phi) is 2.98. The Morgan fingerprint density at radius 3 is 2.96 bits per heavy atom. The Hall–Kier alpha value is -2.63. The van der Waals surface area contributed by atoms with Gasteiger partial charge in [0.1, 0.15) is 0 Å². The molecule has 0 spiro atoms. The highest BCUT2D eigenvalue weighted by atomic mass is 16.2. The summed E-state index contributed by atoms with van der Waals surface area (Å²) >= 11 is 0. The Balaban J connectivity index is 1.35. The topological polar surface area (TPSA) is 66.8 Å². The predicted molar refractivity (Wildman–Crippen MR) is 89.9 cm³/mol. The van der Waals surface area contributed by atoms with Gasteiger partial charge in [-0.15, -0.1) is 5.10 Å². The Bertz CT molecular complexity index is 907. The van der Waals surface area contributed by atoms with E-state index < -0.39 is 0 Å². The number of carbonyl (C=O) groups excluding carboxylic acids is 1. The summed E-state index contributed by atoms with van der Waals surface area (Å²) in [5, 5.41) is 9.57. The van der Waals surface area contributed by atoms with Crippen molar-refractivity contribution in [1.82, 2.24) is 24.9 Å². The van der Waals surface area contributed by atoms with Crippen LogP contribution in [0.2, 0.25) is 0 Å². The molecule has 1 aliphatic carbocycles. The van der Waals surface area contributed by atoms with Gasteiger partial charge in [-0.05, 0) is 25.3 Å². The maximum Gasteiger partial charge on any atom is 0.256 e. The molecule has 1 aromatic carbocycles. The standard InChI is InChI=1S/C18H19N5O/c24-18(15-9-19-16-4-2-1-3-14(15)16)22-8-7-13(10-22)23-11-17(20-21-23)12-5-6-12/h1-4,9,11-13,19H,5-8,10H2. The number of aromatic amines is 1. The minimum absolute atomic E-state index is 0.0949. The van der Waals surface area contributed by atoms with Crippen molar-refractivity contribution in [1.29, 1.82) is 0 Å². The van der Waals surface area contributed by atoms with Crippen LogP contribution in [0.4, 0.5) is 0 Å². The van der Waals surface area contributed by atoms with Crippen LogP contribution in [0.5, 0.6) is 0 Å². The minimum atomic E-state index is 0.0949. The molecule has 0 radical (unpaired) electrons. The number of rotatable bonds is 3. The molecule has 2 fully saturated rings. The van der Waals surface area contributed by atoms with Crippen LogP contribution in [0.15, 0.2) is 36.7 Å². The average Bonchev–Trinajstić information content (AvgIpc) is 3.07. The molecule has 3 aromatic rings. The number of hydrogen-bond acceptors (Lipinski definition) is 3. The fraction of sp³-hybridized carbons (Fsp3) is 0.389. The molecule has 3 heterocycles. The molecule has 5 rings (SSSR count). The second-order valence-corrected chi connectivity index (χ2v) is 6.84. The van der Waals surface area contributed by atoms with Crippen LogP contribution in [0, 0.1) is 0 Å². The molecule has 1 saturated carbocycles. The zero-order valence-electron chi connectivity index (χ0n) is 13.4. The summed E-state index contributed by atoms with van der Waals surface area (Å²) in [6.07, 6.45) is 7.29. The van der Waals surface area contributed by atoms with Crippen LogP contribution in [0.1, 0.15) is 47.3 Å². The third kappa shape index (κ3) is 2.21. The van der Waals surface area contributed by atoms with Crippen LogP contribution in [-0.2, 0) is 0 Å². The quantitative estimate of drug-likeness (QED) is 0.806. The number of benzene rings is 1. The normalized spacial score (nSPS) is 20.8. The number of nitrogens with zero attached hydrogens (tertiary/aromatic N) is 4. The largest absolute Gasteiger partial charge is 0.360 e. The van der Waals surface area contributed by atoms with Gasteiger partial charge in [-0.1, -0.05) is 23.4 Å². The molecule has 1 atom stereocenters. The second-order valence-electron chi connectivity index (χ2n) is 6.84. The Morgan fingerprint density at radius 1 is 1.21 bits per heavy atom. The number of fused-ring (bicyclic) bond motifs is 1. The number of likely N-dealkylation sites (tertiary alicyclic amines) is 1. The number of aromatic nitrogens is 4. The van der Waals surface area contributed by atoms with Gasteiger partial charge in [-0.25, -0.2) is 4.68 Å². The summed E-state index contributed by atoms with van der Waals surface area (Å²) in [5.74, 6) is 0.710.